The first-order chi connectivity index (χ1) is 17.8. The Kier molecular flexibility index (Phi) is 16.4. The highest BCUT2D eigenvalue weighted by molar-refractivity contribution is 5.59. The van der Waals surface area contributed by atoms with Crippen LogP contribution in [0.1, 0.15) is 40.0 Å². The molecule has 7 nitrogen and oxygen atoms in total. The Bertz CT molecular complexity index is 994. The molecule has 0 amide bonds. The Labute approximate surface area is 220 Å². The average Bonchev–Trinajstić information content (AvgIpc) is 2.84. The van der Waals surface area contributed by atoms with E-state index in [4.69, 9.17) is 11.1 Å². The first-order valence-electron chi connectivity index (χ1n) is 11.8. The summed E-state index contributed by atoms with van der Waals surface area (Å²) in [5.41, 5.74) is 4.53. The summed E-state index contributed by atoms with van der Waals surface area (Å²) in [7, 11) is 0. The number of aliphatic hydroxyl groups is 1. The van der Waals surface area contributed by atoms with Gasteiger partial charge in [0.1, 0.15) is 12.1 Å². The zero-order valence-corrected chi connectivity index (χ0v) is 21.7. The van der Waals surface area contributed by atoms with Crippen molar-refractivity contribution in [1.82, 2.24) is 5.32 Å². The largest absolute Gasteiger partial charge is 0.482 e. The van der Waals surface area contributed by atoms with Crippen LogP contribution in [-0.2, 0) is 0 Å². The van der Waals surface area contributed by atoms with Crippen LogP contribution < -0.4 is 11.1 Å². The van der Waals surface area contributed by atoms with Crippen LogP contribution in [0.5, 0.6) is 0 Å². The van der Waals surface area contributed by atoms with Crippen LogP contribution in [0.4, 0.5) is 22.0 Å². The second kappa shape index (κ2) is 18.0. The van der Waals surface area contributed by atoms with Gasteiger partial charge in [0.05, 0.1) is 6.33 Å². The van der Waals surface area contributed by atoms with Gasteiger partial charge >= 0.3 is 11.9 Å². The lowest BCUT2D eigenvalue weighted by Crippen LogP contribution is -2.38. The van der Waals surface area contributed by atoms with E-state index in [2.05, 4.69) is 16.9 Å². The fraction of sp³-hybridized carbons (Fsp3) is 0.423. The first-order valence-corrected chi connectivity index (χ1v) is 11.8. The van der Waals surface area contributed by atoms with Gasteiger partial charge in [0, 0.05) is 47.1 Å². The number of hydrogen-bond acceptors (Lipinski definition) is 6. The normalized spacial score (nSPS) is 17.2. The molecule has 0 spiro atoms. The maximum absolute atomic E-state index is 13.4. The monoisotopic (exact) mass is 546 g/mol. The van der Waals surface area contributed by atoms with E-state index in [0.717, 1.165) is 24.4 Å². The van der Waals surface area contributed by atoms with Crippen molar-refractivity contribution >= 4 is 18.6 Å². The molecule has 0 aromatic rings. The van der Waals surface area contributed by atoms with Crippen molar-refractivity contribution in [2.45, 2.75) is 58.5 Å². The number of hydrogen-bond donors (Lipinski definition) is 5. The van der Waals surface area contributed by atoms with Gasteiger partial charge in [0.25, 0.3) is 0 Å². The number of rotatable bonds is 16. The molecule has 212 valence electrons. The minimum atomic E-state index is -4.76. The molecule has 0 bridgehead atoms. The Morgan fingerprint density at radius 2 is 1.89 bits per heavy atom. The van der Waals surface area contributed by atoms with E-state index in [1.807, 2.05) is 0 Å². The number of allylic oxidation sites excluding steroid dienone is 6. The molecule has 0 heterocycles. The van der Waals surface area contributed by atoms with E-state index >= 15 is 0 Å². The van der Waals surface area contributed by atoms with Crippen molar-refractivity contribution < 1.29 is 37.0 Å². The molecule has 38 heavy (non-hydrogen) atoms. The van der Waals surface area contributed by atoms with Crippen molar-refractivity contribution in [3.63, 3.8) is 0 Å². The molecule has 0 aromatic heterocycles. The highest BCUT2D eigenvalue weighted by Gasteiger charge is 2.44. The molecule has 0 rings (SSSR count). The quantitative estimate of drug-likeness (QED) is 0.0338. The summed E-state index contributed by atoms with van der Waals surface area (Å²) in [4.78, 5) is 4.09. The SMILES string of the molecule is C=C(F)\C=C/C(=C/F)C(/N)=C/C(=C\CC(C=N)CN=CC)C(O)N[C@H](C)C/C=[N+](O)\C(=C/CC)C(F)(F)F. The molecule has 12 heteroatoms. The highest BCUT2D eigenvalue weighted by atomic mass is 19.4. The van der Waals surface area contributed by atoms with Crippen LogP contribution in [0.15, 0.2) is 76.6 Å². The number of halogens is 5. The Morgan fingerprint density at radius 1 is 1.24 bits per heavy atom. The third kappa shape index (κ3) is 13.8. The van der Waals surface area contributed by atoms with E-state index in [1.165, 1.54) is 19.2 Å². The standard InChI is InChI=1S/C26H37F5N5O2/c1-5-7-24(26(29,30)31)36(38)13-12-19(4)35-25(37)21(11-9-20(16-32)17-34-6-2)14-23(33)22(15-27)10-8-18(3)28/h6-8,10-11,13-16,19-20,25,32,35,37-38H,3,5,9,12,17,33H2,1-2,4H3/q+1/b10-8-,21-11+,22-15-,23-14-,24-7-,32-16?,34-6?,36-13+/t19-,20?,25?/m1/s1. The smallest absolute Gasteiger partial charge is 0.398 e. The van der Waals surface area contributed by atoms with Gasteiger partial charge in [-0.3, -0.25) is 15.5 Å². The van der Waals surface area contributed by atoms with E-state index in [9.17, 15) is 32.3 Å². The molecule has 0 fully saturated rings. The molecule has 6 N–H and O–H groups in total. The molecule has 0 radical (unpaired) electrons. The van der Waals surface area contributed by atoms with Crippen LogP contribution in [0.25, 0.3) is 0 Å². The molecule has 0 aromatic carbocycles. The van der Waals surface area contributed by atoms with E-state index in [1.54, 1.807) is 26.1 Å². The number of hydroxylamine groups is 1. The lowest BCUT2D eigenvalue weighted by molar-refractivity contribution is -0.746. The lowest BCUT2D eigenvalue weighted by Gasteiger charge is -2.20. The van der Waals surface area contributed by atoms with Crippen molar-refractivity contribution in [3.8, 4) is 0 Å². The predicted octanol–water partition coefficient (Wildman–Crippen LogP) is 5.41. The van der Waals surface area contributed by atoms with Gasteiger partial charge in [-0.1, -0.05) is 19.6 Å². The zero-order valence-electron chi connectivity index (χ0n) is 21.7. The second-order valence-corrected chi connectivity index (χ2v) is 8.16. The number of aliphatic hydroxyl groups excluding tert-OH is 1. The molecule has 0 aliphatic rings. The lowest BCUT2D eigenvalue weighted by atomic mass is 10.0. The zero-order chi connectivity index (χ0) is 29.3. The first kappa shape index (κ1) is 34.6. The van der Waals surface area contributed by atoms with Gasteiger partial charge in [0.2, 0.25) is 6.21 Å². The third-order valence-electron chi connectivity index (χ3n) is 4.96. The summed E-state index contributed by atoms with van der Waals surface area (Å²) in [5, 5.41) is 31.0. The Morgan fingerprint density at radius 3 is 2.39 bits per heavy atom. The fourth-order valence-electron chi connectivity index (χ4n) is 2.93. The fourth-order valence-corrected chi connectivity index (χ4v) is 2.93. The maximum atomic E-state index is 13.4. The molecule has 2 unspecified atom stereocenters. The van der Waals surface area contributed by atoms with Gasteiger partial charge in [-0.05, 0) is 62.8 Å². The Hall–Kier alpha value is -3.38. The predicted molar refractivity (Wildman–Crippen MR) is 141 cm³/mol. The van der Waals surface area contributed by atoms with Crippen LogP contribution in [-0.4, -0.2) is 58.7 Å². The maximum Gasteiger partial charge on any atom is 0.482 e. The van der Waals surface area contributed by atoms with Gasteiger partial charge < -0.3 is 16.2 Å². The van der Waals surface area contributed by atoms with Crippen LogP contribution in [0.3, 0.4) is 0 Å². The Balaban J connectivity index is 5.97. The number of aliphatic imine (C=N–C) groups is 1. The van der Waals surface area contributed by atoms with Gasteiger partial charge in [-0.2, -0.15) is 13.2 Å². The van der Waals surface area contributed by atoms with Crippen LogP contribution in [0.2, 0.25) is 0 Å². The van der Waals surface area contributed by atoms with E-state index in [0.29, 0.717) is 6.54 Å². The van der Waals surface area contributed by atoms with Crippen LogP contribution >= 0.6 is 0 Å². The highest BCUT2D eigenvalue weighted by Crippen LogP contribution is 2.26. The molecule has 0 aliphatic heterocycles. The average molecular weight is 547 g/mol. The van der Waals surface area contributed by atoms with Gasteiger partial charge in [-0.25, -0.2) is 8.78 Å². The van der Waals surface area contributed by atoms with Crippen molar-refractivity contribution in [2.75, 3.05) is 6.54 Å². The molecular formula is C26H37F5N5O2+. The summed E-state index contributed by atoms with van der Waals surface area (Å²) in [5.74, 6) is -1.14. The molecule has 0 saturated heterocycles. The topological polar surface area (TPSA) is 118 Å². The van der Waals surface area contributed by atoms with Crippen molar-refractivity contribution in [2.24, 2.45) is 16.6 Å². The van der Waals surface area contributed by atoms with Crippen molar-refractivity contribution in [1.29, 1.82) is 5.41 Å². The molecule has 0 aliphatic carbocycles. The van der Waals surface area contributed by atoms with Gasteiger partial charge in [0.15, 0.2) is 0 Å². The molecular weight excluding hydrogens is 509 g/mol. The number of nitrogens with two attached hydrogens (primary N) is 1. The summed E-state index contributed by atoms with van der Waals surface area (Å²) >= 11 is 0. The molecule has 0 saturated carbocycles. The number of nitrogens with zero attached hydrogens (tertiary/aromatic N) is 2. The van der Waals surface area contributed by atoms with E-state index in [-0.39, 0.29) is 53.1 Å². The summed E-state index contributed by atoms with van der Waals surface area (Å²) in [6.07, 6.45) is 3.46. The minimum Gasteiger partial charge on any atom is -0.398 e. The number of alkyl halides is 3. The van der Waals surface area contributed by atoms with Crippen LogP contribution in [0, 0.1) is 11.3 Å². The summed E-state index contributed by atoms with van der Waals surface area (Å²) in [6, 6.07) is -0.636. The second-order valence-electron chi connectivity index (χ2n) is 8.16. The minimum absolute atomic E-state index is 0.00494. The third-order valence-corrected chi connectivity index (χ3v) is 4.96. The van der Waals surface area contributed by atoms with Crippen molar-refractivity contribution in [3.05, 3.63) is 71.7 Å². The summed E-state index contributed by atoms with van der Waals surface area (Å²) in [6.45, 7) is 8.14. The molecule has 3 atom stereocenters. The summed E-state index contributed by atoms with van der Waals surface area (Å²) < 4.78 is 65.7. The van der Waals surface area contributed by atoms with E-state index < -0.39 is 30.0 Å². The number of nitrogens with one attached hydrogen (secondary N) is 2. The van der Waals surface area contributed by atoms with Gasteiger partial charge in [-0.15, -0.1) is 0 Å².